The van der Waals surface area contributed by atoms with E-state index in [1.54, 1.807) is 14.2 Å². The molecule has 15 heavy (non-hydrogen) atoms. The molecule has 1 rings (SSSR count). The number of hydrogen-bond donors (Lipinski definition) is 2. The van der Waals surface area contributed by atoms with E-state index in [1.165, 1.54) is 0 Å². The number of methoxy groups -OCH3 is 1. The lowest BCUT2D eigenvalue weighted by atomic mass is 10.2. The van der Waals surface area contributed by atoms with Crippen LogP contribution in [0, 0.1) is 6.92 Å². The van der Waals surface area contributed by atoms with Crippen LogP contribution >= 0.6 is 0 Å². The van der Waals surface area contributed by atoms with Crippen LogP contribution in [0.15, 0.2) is 18.2 Å². The fourth-order valence-electron chi connectivity index (χ4n) is 1.32. The van der Waals surface area contributed by atoms with Gasteiger partial charge in [0.25, 0.3) is 0 Å². The molecule has 1 aromatic rings. The fraction of sp³-hybridized carbons (Fsp3) is 0.364. The number of nitrogens with one attached hydrogen (secondary N) is 2. The third-order valence-electron chi connectivity index (χ3n) is 2.02. The highest BCUT2D eigenvalue weighted by Gasteiger charge is 2.03. The summed E-state index contributed by atoms with van der Waals surface area (Å²) >= 11 is 0. The molecule has 0 aromatic heterocycles. The van der Waals surface area contributed by atoms with Crippen molar-refractivity contribution >= 4 is 11.6 Å². The normalized spacial score (nSPS) is 9.80. The highest BCUT2D eigenvalue weighted by Crippen LogP contribution is 2.21. The van der Waals surface area contributed by atoms with Gasteiger partial charge in [0.1, 0.15) is 5.75 Å². The van der Waals surface area contributed by atoms with Crippen LogP contribution < -0.4 is 15.4 Å². The van der Waals surface area contributed by atoms with Crippen molar-refractivity contribution in [3.63, 3.8) is 0 Å². The molecule has 4 nitrogen and oxygen atoms in total. The number of rotatable bonds is 4. The van der Waals surface area contributed by atoms with Crippen LogP contribution in [0.1, 0.15) is 5.56 Å². The number of carbonyl (C=O) groups is 1. The van der Waals surface area contributed by atoms with Crippen LogP contribution in [0.5, 0.6) is 5.75 Å². The Labute approximate surface area is 89.6 Å². The molecule has 0 fully saturated rings. The molecule has 0 aliphatic heterocycles. The molecule has 0 heterocycles. The maximum atomic E-state index is 11.3. The van der Waals surface area contributed by atoms with E-state index in [0.717, 1.165) is 17.0 Å². The van der Waals surface area contributed by atoms with Crippen molar-refractivity contribution < 1.29 is 9.53 Å². The van der Waals surface area contributed by atoms with Crippen LogP contribution in [0.4, 0.5) is 5.69 Å². The summed E-state index contributed by atoms with van der Waals surface area (Å²) in [4.78, 5) is 11.3. The summed E-state index contributed by atoms with van der Waals surface area (Å²) in [5, 5.41) is 5.57. The Morgan fingerprint density at radius 1 is 1.47 bits per heavy atom. The maximum absolute atomic E-state index is 11.3. The standard InChI is InChI=1S/C11H16N2O2/c1-8-6-9(4-5-10(8)15-3)13-11(14)7-12-2/h4-6,12H,7H2,1-3H3,(H,13,14). The second-order valence-electron chi connectivity index (χ2n) is 3.26. The number of aryl methyl sites for hydroxylation is 1. The quantitative estimate of drug-likeness (QED) is 0.780. The molecule has 2 N–H and O–H groups in total. The Balaban J connectivity index is 2.71. The number of carbonyl (C=O) groups excluding carboxylic acids is 1. The van der Waals surface area contributed by atoms with E-state index in [0.29, 0.717) is 6.54 Å². The minimum atomic E-state index is -0.0536. The zero-order valence-electron chi connectivity index (χ0n) is 9.26. The molecule has 0 saturated carbocycles. The van der Waals surface area contributed by atoms with Crippen LogP contribution in [0.2, 0.25) is 0 Å². The Hall–Kier alpha value is -1.55. The van der Waals surface area contributed by atoms with E-state index >= 15 is 0 Å². The predicted octanol–water partition coefficient (Wildman–Crippen LogP) is 1.16. The van der Waals surface area contributed by atoms with Gasteiger partial charge in [0, 0.05) is 5.69 Å². The van der Waals surface area contributed by atoms with Gasteiger partial charge in [-0.25, -0.2) is 0 Å². The molecule has 0 aliphatic carbocycles. The van der Waals surface area contributed by atoms with Gasteiger partial charge in [-0.3, -0.25) is 4.79 Å². The summed E-state index contributed by atoms with van der Waals surface area (Å²) < 4.78 is 5.13. The monoisotopic (exact) mass is 208 g/mol. The van der Waals surface area contributed by atoms with Crippen LogP contribution in [-0.2, 0) is 4.79 Å². The van der Waals surface area contributed by atoms with Crippen LogP contribution in [0.25, 0.3) is 0 Å². The van der Waals surface area contributed by atoms with Crippen LogP contribution in [0.3, 0.4) is 0 Å². The number of ether oxygens (including phenoxy) is 1. The molecule has 4 heteroatoms. The average Bonchev–Trinajstić information content (AvgIpc) is 2.18. The molecular formula is C11H16N2O2. The molecule has 82 valence electrons. The molecule has 0 saturated heterocycles. The summed E-state index contributed by atoms with van der Waals surface area (Å²) in [6.45, 7) is 2.25. The van der Waals surface area contributed by atoms with Gasteiger partial charge in [0.05, 0.1) is 13.7 Å². The Morgan fingerprint density at radius 3 is 2.73 bits per heavy atom. The van der Waals surface area contributed by atoms with Crippen molar-refractivity contribution in [2.24, 2.45) is 0 Å². The second kappa shape index (κ2) is 5.36. The third kappa shape index (κ3) is 3.25. The maximum Gasteiger partial charge on any atom is 0.238 e. The zero-order chi connectivity index (χ0) is 11.3. The first-order valence-corrected chi connectivity index (χ1v) is 4.76. The number of benzene rings is 1. The van der Waals surface area contributed by atoms with E-state index in [1.807, 2.05) is 25.1 Å². The molecule has 0 aliphatic rings. The van der Waals surface area contributed by atoms with Crippen LogP contribution in [-0.4, -0.2) is 26.6 Å². The molecule has 0 unspecified atom stereocenters. The summed E-state index contributed by atoms with van der Waals surface area (Å²) in [6, 6.07) is 5.54. The highest BCUT2D eigenvalue weighted by molar-refractivity contribution is 5.92. The first-order chi connectivity index (χ1) is 7.17. The van der Waals surface area contributed by atoms with E-state index in [-0.39, 0.29) is 5.91 Å². The highest BCUT2D eigenvalue weighted by atomic mass is 16.5. The number of likely N-dealkylation sites (N-methyl/N-ethyl adjacent to an activating group) is 1. The van der Waals surface area contributed by atoms with Gasteiger partial charge in [0.15, 0.2) is 0 Å². The number of amides is 1. The van der Waals surface area contributed by atoms with E-state index in [4.69, 9.17) is 4.74 Å². The van der Waals surface area contributed by atoms with Crippen molar-refractivity contribution in [3.05, 3.63) is 23.8 Å². The molecule has 1 aromatic carbocycles. The molecule has 1 amide bonds. The van der Waals surface area contributed by atoms with Gasteiger partial charge < -0.3 is 15.4 Å². The van der Waals surface area contributed by atoms with Crippen molar-refractivity contribution in [3.8, 4) is 5.75 Å². The van der Waals surface area contributed by atoms with E-state index < -0.39 is 0 Å². The van der Waals surface area contributed by atoms with Gasteiger partial charge >= 0.3 is 0 Å². The summed E-state index contributed by atoms with van der Waals surface area (Å²) in [5.41, 5.74) is 1.79. The van der Waals surface area contributed by atoms with Crippen molar-refractivity contribution in [2.75, 3.05) is 26.0 Å². The van der Waals surface area contributed by atoms with Gasteiger partial charge in [0.2, 0.25) is 5.91 Å². The molecule has 0 spiro atoms. The lowest BCUT2D eigenvalue weighted by Crippen LogP contribution is -2.25. The molecular weight excluding hydrogens is 192 g/mol. The molecule has 0 bridgehead atoms. The number of hydrogen-bond acceptors (Lipinski definition) is 3. The smallest absolute Gasteiger partial charge is 0.238 e. The minimum absolute atomic E-state index is 0.0536. The van der Waals surface area contributed by atoms with Gasteiger partial charge in [-0.05, 0) is 37.7 Å². The van der Waals surface area contributed by atoms with Gasteiger partial charge in [-0.1, -0.05) is 0 Å². The lowest BCUT2D eigenvalue weighted by molar-refractivity contribution is -0.115. The first-order valence-electron chi connectivity index (χ1n) is 4.76. The third-order valence-corrected chi connectivity index (χ3v) is 2.02. The summed E-state index contributed by atoms with van der Waals surface area (Å²) in [5.74, 6) is 0.767. The largest absolute Gasteiger partial charge is 0.496 e. The molecule has 0 atom stereocenters. The number of anilines is 1. The average molecular weight is 208 g/mol. The van der Waals surface area contributed by atoms with E-state index in [2.05, 4.69) is 10.6 Å². The topological polar surface area (TPSA) is 50.4 Å². The Bertz CT molecular complexity index is 350. The SMILES string of the molecule is CNCC(=O)Nc1ccc(OC)c(C)c1. The summed E-state index contributed by atoms with van der Waals surface area (Å²) in [7, 11) is 3.36. The Kier molecular flexibility index (Phi) is 4.12. The second-order valence-corrected chi connectivity index (χ2v) is 3.26. The van der Waals surface area contributed by atoms with Crippen molar-refractivity contribution in [1.82, 2.24) is 5.32 Å². The predicted molar refractivity (Wildman–Crippen MR) is 60.3 cm³/mol. The first kappa shape index (κ1) is 11.5. The fourth-order valence-corrected chi connectivity index (χ4v) is 1.32. The zero-order valence-corrected chi connectivity index (χ0v) is 9.26. The minimum Gasteiger partial charge on any atom is -0.496 e. The van der Waals surface area contributed by atoms with E-state index in [9.17, 15) is 4.79 Å². The van der Waals surface area contributed by atoms with Crippen molar-refractivity contribution in [1.29, 1.82) is 0 Å². The lowest BCUT2D eigenvalue weighted by Gasteiger charge is -2.08. The van der Waals surface area contributed by atoms with Gasteiger partial charge in [-0.2, -0.15) is 0 Å². The van der Waals surface area contributed by atoms with Crippen molar-refractivity contribution in [2.45, 2.75) is 6.92 Å². The Morgan fingerprint density at radius 2 is 2.20 bits per heavy atom. The summed E-state index contributed by atoms with van der Waals surface area (Å²) in [6.07, 6.45) is 0. The molecule has 0 radical (unpaired) electrons. The van der Waals surface area contributed by atoms with Gasteiger partial charge in [-0.15, -0.1) is 0 Å².